The lowest BCUT2D eigenvalue weighted by Crippen LogP contribution is -2.42. The minimum atomic E-state index is -0.177. The summed E-state index contributed by atoms with van der Waals surface area (Å²) in [6.45, 7) is 2.96. The number of hydrogen-bond donors (Lipinski definition) is 1. The van der Waals surface area contributed by atoms with Crippen molar-refractivity contribution < 1.29 is 4.79 Å². The van der Waals surface area contributed by atoms with Gasteiger partial charge in [-0.3, -0.25) is 19.5 Å². The Labute approximate surface area is 193 Å². The van der Waals surface area contributed by atoms with Crippen molar-refractivity contribution >= 4 is 5.91 Å². The van der Waals surface area contributed by atoms with Crippen LogP contribution in [-0.4, -0.2) is 43.7 Å². The van der Waals surface area contributed by atoms with Crippen LogP contribution in [0.4, 0.5) is 0 Å². The number of rotatable bonds is 5. The summed E-state index contributed by atoms with van der Waals surface area (Å²) in [6.07, 6.45) is 7.48. The maximum Gasteiger partial charge on any atom is 0.254 e. The van der Waals surface area contributed by atoms with Gasteiger partial charge < -0.3 is 9.88 Å². The van der Waals surface area contributed by atoms with Gasteiger partial charge in [0.05, 0.1) is 18.2 Å². The number of nitrogens with zero attached hydrogens (tertiary/aromatic N) is 4. The quantitative estimate of drug-likeness (QED) is 0.656. The molecule has 5 rings (SSSR count). The smallest absolute Gasteiger partial charge is 0.254 e. The molecule has 7 heteroatoms. The number of carbonyl (C=O) groups is 1. The maximum absolute atomic E-state index is 13.2. The van der Waals surface area contributed by atoms with E-state index in [1.807, 2.05) is 47.4 Å². The molecule has 3 aromatic rings. The largest absolute Gasteiger partial charge is 0.332 e. The first-order valence-electron chi connectivity index (χ1n) is 11.7. The van der Waals surface area contributed by atoms with E-state index in [2.05, 4.69) is 14.9 Å². The zero-order valence-corrected chi connectivity index (χ0v) is 18.7. The van der Waals surface area contributed by atoms with E-state index in [1.54, 1.807) is 12.4 Å². The minimum Gasteiger partial charge on any atom is -0.332 e. The van der Waals surface area contributed by atoms with Crippen LogP contribution in [0.25, 0.3) is 0 Å². The maximum atomic E-state index is 13.2. The summed E-state index contributed by atoms with van der Waals surface area (Å²) < 4.78 is 0. The zero-order chi connectivity index (χ0) is 22.6. The highest BCUT2D eigenvalue weighted by atomic mass is 16.2. The molecule has 0 saturated carbocycles. The van der Waals surface area contributed by atoms with E-state index in [4.69, 9.17) is 4.98 Å². The SMILES string of the molecule is O=C(Cc1ccccc1)N1CCCC[C@H]1c1nc2c(c(=O)[nH]1)CCN(Cc1ccncc1)C2. The van der Waals surface area contributed by atoms with Crippen LogP contribution in [0.5, 0.6) is 0 Å². The molecule has 2 aliphatic rings. The first kappa shape index (κ1) is 21.5. The summed E-state index contributed by atoms with van der Waals surface area (Å²) in [5.41, 5.74) is 3.77. The fraction of sp³-hybridized carbons (Fsp3) is 0.385. The number of aromatic amines is 1. The number of pyridine rings is 1. The van der Waals surface area contributed by atoms with Crippen molar-refractivity contribution in [2.75, 3.05) is 13.1 Å². The fourth-order valence-corrected chi connectivity index (χ4v) is 4.94. The number of aromatic nitrogens is 3. The van der Waals surface area contributed by atoms with Crippen LogP contribution in [0.15, 0.2) is 59.7 Å². The van der Waals surface area contributed by atoms with Crippen molar-refractivity contribution in [2.45, 2.75) is 51.2 Å². The average molecular weight is 444 g/mol. The standard InChI is InChI=1S/C26H29N5O2/c32-24(16-19-6-2-1-3-7-19)31-14-5-4-8-23(31)25-28-22-18-30(15-11-21(22)26(33)29-25)17-20-9-12-27-13-10-20/h1-3,6-7,9-10,12-13,23H,4-5,8,11,14-18H2,(H,28,29,33)/t23-/m0/s1. The molecule has 170 valence electrons. The van der Waals surface area contributed by atoms with Crippen molar-refractivity contribution in [2.24, 2.45) is 0 Å². The number of fused-ring (bicyclic) bond motifs is 1. The average Bonchev–Trinajstić information content (AvgIpc) is 2.85. The van der Waals surface area contributed by atoms with E-state index in [0.717, 1.165) is 49.2 Å². The number of nitrogens with one attached hydrogen (secondary N) is 1. The Hall–Kier alpha value is -3.32. The van der Waals surface area contributed by atoms with Crippen molar-refractivity contribution in [3.63, 3.8) is 0 Å². The first-order chi connectivity index (χ1) is 16.2. The number of benzene rings is 1. The summed E-state index contributed by atoms with van der Waals surface area (Å²) in [5, 5.41) is 0. The van der Waals surface area contributed by atoms with Gasteiger partial charge in [-0.25, -0.2) is 4.98 Å². The highest BCUT2D eigenvalue weighted by molar-refractivity contribution is 5.79. The van der Waals surface area contributed by atoms with Crippen LogP contribution >= 0.6 is 0 Å². The van der Waals surface area contributed by atoms with Crippen molar-refractivity contribution in [3.05, 3.63) is 93.4 Å². The highest BCUT2D eigenvalue weighted by Crippen LogP contribution is 2.30. The second-order valence-corrected chi connectivity index (χ2v) is 8.95. The van der Waals surface area contributed by atoms with E-state index >= 15 is 0 Å². The molecular formula is C26H29N5O2. The molecule has 1 amide bonds. The Balaban J connectivity index is 1.37. The molecule has 2 aromatic heterocycles. The van der Waals surface area contributed by atoms with Crippen LogP contribution in [0, 0.1) is 0 Å². The van der Waals surface area contributed by atoms with E-state index in [1.165, 1.54) is 5.56 Å². The Morgan fingerprint density at radius 3 is 2.67 bits per heavy atom. The second kappa shape index (κ2) is 9.67. The summed E-state index contributed by atoms with van der Waals surface area (Å²) in [7, 11) is 0. The van der Waals surface area contributed by atoms with Crippen molar-refractivity contribution in [1.29, 1.82) is 0 Å². The number of amides is 1. The molecular weight excluding hydrogens is 414 g/mol. The van der Waals surface area contributed by atoms with Gasteiger partial charge in [0.1, 0.15) is 5.82 Å². The molecule has 0 aliphatic carbocycles. The van der Waals surface area contributed by atoms with E-state index in [-0.39, 0.29) is 17.5 Å². The Morgan fingerprint density at radius 1 is 1.03 bits per heavy atom. The van der Waals surface area contributed by atoms with E-state index < -0.39 is 0 Å². The van der Waals surface area contributed by atoms with Gasteiger partial charge in [-0.2, -0.15) is 0 Å². The predicted molar refractivity (Wildman–Crippen MR) is 125 cm³/mol. The molecule has 0 spiro atoms. The van der Waals surface area contributed by atoms with Gasteiger partial charge in [-0.05, 0) is 48.9 Å². The molecule has 1 N–H and O–H groups in total. The number of hydrogen-bond acceptors (Lipinski definition) is 5. The summed E-state index contributed by atoms with van der Waals surface area (Å²) in [5.74, 6) is 0.719. The molecule has 4 heterocycles. The van der Waals surface area contributed by atoms with Crippen molar-refractivity contribution in [3.8, 4) is 0 Å². The topological polar surface area (TPSA) is 82.2 Å². The molecule has 33 heavy (non-hydrogen) atoms. The van der Waals surface area contributed by atoms with Crippen LogP contribution in [0.1, 0.15) is 53.5 Å². The molecule has 0 radical (unpaired) electrons. The van der Waals surface area contributed by atoms with Crippen molar-refractivity contribution in [1.82, 2.24) is 24.8 Å². The van der Waals surface area contributed by atoms with Gasteiger partial charge in [-0.1, -0.05) is 30.3 Å². The number of H-pyrrole nitrogens is 1. The van der Waals surface area contributed by atoms with E-state index in [9.17, 15) is 9.59 Å². The molecule has 0 unspecified atom stereocenters. The molecule has 1 fully saturated rings. The van der Waals surface area contributed by atoms with Gasteiger partial charge >= 0.3 is 0 Å². The number of piperidine rings is 1. The summed E-state index contributed by atoms with van der Waals surface area (Å²) in [4.78, 5) is 42.4. The lowest BCUT2D eigenvalue weighted by atomic mass is 9.99. The third-order valence-corrected chi connectivity index (χ3v) is 6.66. The zero-order valence-electron chi connectivity index (χ0n) is 18.7. The third-order valence-electron chi connectivity index (χ3n) is 6.66. The molecule has 0 bridgehead atoms. The van der Waals surface area contributed by atoms with Gasteiger partial charge in [0.2, 0.25) is 5.91 Å². The first-order valence-corrected chi connectivity index (χ1v) is 11.7. The van der Waals surface area contributed by atoms with Gasteiger partial charge in [0, 0.05) is 44.1 Å². The van der Waals surface area contributed by atoms with Gasteiger partial charge in [0.15, 0.2) is 0 Å². The fourth-order valence-electron chi connectivity index (χ4n) is 4.94. The second-order valence-electron chi connectivity index (χ2n) is 8.95. The van der Waals surface area contributed by atoms with Crippen LogP contribution < -0.4 is 5.56 Å². The van der Waals surface area contributed by atoms with Crippen LogP contribution in [0.2, 0.25) is 0 Å². The van der Waals surface area contributed by atoms with Crippen LogP contribution in [0.3, 0.4) is 0 Å². The molecule has 1 aromatic carbocycles. The summed E-state index contributed by atoms with van der Waals surface area (Å²) in [6, 6.07) is 13.7. The highest BCUT2D eigenvalue weighted by Gasteiger charge is 2.31. The Bertz CT molecular complexity index is 1160. The minimum absolute atomic E-state index is 0.0559. The Morgan fingerprint density at radius 2 is 1.85 bits per heavy atom. The Kier molecular flexibility index (Phi) is 6.30. The molecule has 7 nitrogen and oxygen atoms in total. The molecule has 1 saturated heterocycles. The molecule has 2 aliphatic heterocycles. The number of likely N-dealkylation sites (tertiary alicyclic amines) is 1. The monoisotopic (exact) mass is 443 g/mol. The van der Waals surface area contributed by atoms with Crippen LogP contribution in [-0.2, 0) is 30.7 Å². The van der Waals surface area contributed by atoms with Gasteiger partial charge in [0.25, 0.3) is 5.56 Å². The van der Waals surface area contributed by atoms with Gasteiger partial charge in [-0.15, -0.1) is 0 Å². The normalized spacial score (nSPS) is 18.7. The number of carbonyl (C=O) groups excluding carboxylic acids is 1. The predicted octanol–water partition coefficient (Wildman–Crippen LogP) is 3.02. The van der Waals surface area contributed by atoms with E-state index in [0.29, 0.717) is 31.8 Å². The third kappa shape index (κ3) is 4.88. The summed E-state index contributed by atoms with van der Waals surface area (Å²) >= 11 is 0. The lowest BCUT2D eigenvalue weighted by Gasteiger charge is -2.36. The lowest BCUT2D eigenvalue weighted by molar-refractivity contribution is -0.134. The molecule has 1 atom stereocenters.